The maximum absolute atomic E-state index is 9.70. The molecule has 0 radical (unpaired) electrons. The van der Waals surface area contributed by atoms with E-state index in [9.17, 15) is 5.21 Å². The molecule has 0 saturated carbocycles. The summed E-state index contributed by atoms with van der Waals surface area (Å²) in [4.78, 5) is 0. The summed E-state index contributed by atoms with van der Waals surface area (Å²) in [5.74, 6) is 0. The van der Waals surface area contributed by atoms with Gasteiger partial charge in [0.2, 0.25) is 12.7 Å². The summed E-state index contributed by atoms with van der Waals surface area (Å²) < 4.78 is 8.81. The first-order chi connectivity index (χ1) is 23.2. The lowest BCUT2D eigenvalue weighted by atomic mass is 10.0. The Kier molecular flexibility index (Phi) is 26.2. The van der Waals surface area contributed by atoms with Crippen LogP contribution >= 0.6 is 0 Å². The van der Waals surface area contributed by atoms with E-state index < -0.39 is 0 Å². The number of imidazole rings is 2. The van der Waals surface area contributed by atoms with Crippen molar-refractivity contribution in [2.45, 2.75) is 220 Å². The molecule has 2 aromatic heterocycles. The van der Waals surface area contributed by atoms with Gasteiger partial charge in [0, 0.05) is 0 Å². The molecule has 0 aromatic carbocycles. The number of aromatic nitrogens is 4. The molecule has 2 rings (SSSR count). The number of aryl methyl sites for hydroxylation is 2. The Hall–Kier alpha value is -2.11. The lowest BCUT2D eigenvalue weighted by Crippen LogP contribution is -2.43. The van der Waals surface area contributed by atoms with E-state index >= 15 is 0 Å². The first-order valence-electron chi connectivity index (χ1n) is 20.5. The van der Waals surface area contributed by atoms with Crippen LogP contribution in [0, 0.1) is 0 Å². The summed E-state index contributed by atoms with van der Waals surface area (Å²) >= 11 is 0. The molecule has 1 N–H and O–H groups in total. The molecule has 0 saturated heterocycles. The maximum Gasteiger partial charge on any atom is 0.244 e. The van der Waals surface area contributed by atoms with Gasteiger partial charge in [-0.1, -0.05) is 173 Å². The van der Waals surface area contributed by atoms with Gasteiger partial charge in [-0.15, -0.1) is 0 Å². The molecule has 270 valence electrons. The molecule has 0 atom stereocenters. The van der Waals surface area contributed by atoms with Crippen LogP contribution in [0.2, 0.25) is 0 Å². The van der Waals surface area contributed by atoms with Crippen molar-refractivity contribution in [3.63, 3.8) is 0 Å². The van der Waals surface area contributed by atoms with E-state index in [0.29, 0.717) is 13.1 Å². The van der Waals surface area contributed by atoms with E-state index in [2.05, 4.69) is 74.7 Å². The Balaban J connectivity index is 1.45. The van der Waals surface area contributed by atoms with Gasteiger partial charge in [0.25, 0.3) is 0 Å². The van der Waals surface area contributed by atoms with Crippen molar-refractivity contribution >= 4 is 5.71 Å². The van der Waals surface area contributed by atoms with Crippen LogP contribution in [0.5, 0.6) is 0 Å². The molecule has 0 fully saturated rings. The minimum atomic E-state index is 0.610. The average molecular weight is 656 g/mol. The molecule has 0 amide bonds. The Morgan fingerprint density at radius 3 is 1.00 bits per heavy atom. The van der Waals surface area contributed by atoms with E-state index in [0.717, 1.165) is 18.8 Å². The number of hydrogen-bond donors (Lipinski definition) is 1. The van der Waals surface area contributed by atoms with Gasteiger partial charge in [-0.25, -0.2) is 18.3 Å². The van der Waals surface area contributed by atoms with Crippen molar-refractivity contribution < 1.29 is 14.3 Å². The second kappa shape index (κ2) is 30.0. The lowest BCUT2D eigenvalue weighted by Gasteiger charge is -2.03. The number of unbranched alkanes of at least 4 members (excludes halogenated alkanes) is 26. The first kappa shape index (κ1) is 41.1. The summed E-state index contributed by atoms with van der Waals surface area (Å²) in [5, 5.41) is 13.3. The summed E-state index contributed by atoms with van der Waals surface area (Å²) in [6.45, 7) is 7.93. The quantitative estimate of drug-likeness (QED) is 0.0263. The Labute approximate surface area is 291 Å². The molecule has 47 heavy (non-hydrogen) atoms. The molecule has 2 heterocycles. The molecule has 0 bridgehead atoms. The first-order valence-corrected chi connectivity index (χ1v) is 20.5. The summed E-state index contributed by atoms with van der Waals surface area (Å²) in [6, 6.07) is 0. The molecular weight excluding hydrogens is 578 g/mol. The topological polar surface area (TPSA) is 50.2 Å². The van der Waals surface area contributed by atoms with Gasteiger partial charge in [-0.2, -0.15) is 0 Å². The zero-order valence-electron chi connectivity index (χ0n) is 31.3. The van der Waals surface area contributed by atoms with Crippen molar-refractivity contribution in [2.24, 2.45) is 5.16 Å². The molecule has 6 nitrogen and oxygen atoms in total. The third-order valence-electron chi connectivity index (χ3n) is 9.90. The molecule has 0 unspecified atom stereocenters. The van der Waals surface area contributed by atoms with E-state index in [1.54, 1.807) is 0 Å². The number of hydrogen-bond acceptors (Lipinski definition) is 2. The summed E-state index contributed by atoms with van der Waals surface area (Å²) in [5.41, 5.74) is 0.767. The Bertz CT molecular complexity index is 906. The fourth-order valence-corrected chi connectivity index (χ4v) is 6.84. The zero-order chi connectivity index (χ0) is 33.5. The van der Waals surface area contributed by atoms with Crippen LogP contribution < -0.4 is 9.13 Å². The molecule has 0 spiro atoms. The van der Waals surface area contributed by atoms with Crippen LogP contribution in [0.1, 0.15) is 194 Å². The van der Waals surface area contributed by atoms with Crippen LogP contribution in [0.25, 0.3) is 0 Å². The van der Waals surface area contributed by atoms with Crippen molar-refractivity contribution in [1.29, 1.82) is 0 Å². The van der Waals surface area contributed by atoms with Gasteiger partial charge in [0.1, 0.15) is 43.6 Å². The van der Waals surface area contributed by atoms with Crippen molar-refractivity contribution in [3.05, 3.63) is 37.4 Å². The largest absolute Gasteiger partial charge is 0.411 e. The fourth-order valence-electron chi connectivity index (χ4n) is 6.84. The normalized spacial score (nSPS) is 11.4. The van der Waals surface area contributed by atoms with E-state index in [-0.39, 0.29) is 0 Å². The second-order valence-corrected chi connectivity index (χ2v) is 14.5. The van der Waals surface area contributed by atoms with Crippen LogP contribution in [0.3, 0.4) is 0 Å². The SMILES string of the molecule is CCCCCCCCCCCCCCCCn1cc[n+](CC(C[n+]2ccn(CCCCCCCCCCCCCCCC)c2)=NO)c1. The van der Waals surface area contributed by atoms with Crippen molar-refractivity contribution in [3.8, 4) is 0 Å². The van der Waals surface area contributed by atoms with Gasteiger partial charge < -0.3 is 5.21 Å². The number of oxime groups is 1. The molecule has 2 aromatic rings. The number of nitrogens with zero attached hydrogens (tertiary/aromatic N) is 5. The molecule has 0 aliphatic carbocycles. The monoisotopic (exact) mass is 656 g/mol. The zero-order valence-corrected chi connectivity index (χ0v) is 31.3. The van der Waals surface area contributed by atoms with Gasteiger partial charge in [-0.05, 0) is 25.7 Å². The van der Waals surface area contributed by atoms with Crippen LogP contribution in [-0.2, 0) is 26.2 Å². The highest BCUT2D eigenvalue weighted by Crippen LogP contribution is 2.14. The Morgan fingerprint density at radius 1 is 0.447 bits per heavy atom. The van der Waals surface area contributed by atoms with Crippen molar-refractivity contribution in [1.82, 2.24) is 9.13 Å². The summed E-state index contributed by atoms with van der Waals surface area (Å²) in [6.07, 6.45) is 51.8. The predicted octanol–water partition coefficient (Wildman–Crippen LogP) is 11.4. The van der Waals surface area contributed by atoms with Gasteiger partial charge >= 0.3 is 0 Å². The minimum Gasteiger partial charge on any atom is -0.411 e. The third-order valence-corrected chi connectivity index (χ3v) is 9.90. The summed E-state index contributed by atoms with van der Waals surface area (Å²) in [7, 11) is 0. The molecule has 0 aliphatic rings. The maximum atomic E-state index is 9.70. The second-order valence-electron chi connectivity index (χ2n) is 14.5. The minimum absolute atomic E-state index is 0.610. The van der Waals surface area contributed by atoms with Crippen LogP contribution in [0.4, 0.5) is 0 Å². The average Bonchev–Trinajstić information content (AvgIpc) is 3.73. The van der Waals surface area contributed by atoms with Gasteiger partial charge in [-0.3, -0.25) is 0 Å². The molecule has 0 aliphatic heterocycles. The molecule has 6 heteroatoms. The highest BCUT2D eigenvalue weighted by Gasteiger charge is 2.13. The Morgan fingerprint density at radius 2 is 0.723 bits per heavy atom. The van der Waals surface area contributed by atoms with Gasteiger partial charge in [0.15, 0.2) is 0 Å². The predicted molar refractivity (Wildman–Crippen MR) is 199 cm³/mol. The van der Waals surface area contributed by atoms with E-state index in [1.165, 1.54) is 180 Å². The highest BCUT2D eigenvalue weighted by atomic mass is 16.4. The van der Waals surface area contributed by atoms with Crippen molar-refractivity contribution in [2.75, 3.05) is 0 Å². The van der Waals surface area contributed by atoms with Gasteiger partial charge in [0.05, 0.1) is 13.1 Å². The van der Waals surface area contributed by atoms with E-state index in [4.69, 9.17) is 0 Å². The standard InChI is InChI=1S/C41H76N5O/c1-3-5-7-9-11-13-15-17-19-21-23-25-27-29-31-43-33-35-45(39-43)37-41(42-47)38-46-36-34-44(40-46)32-30-28-26-24-22-20-18-16-14-12-10-8-6-4-2/h33-36,39-40H,3-32,37-38H2,1-2H3/q+1/p+1. The van der Waals surface area contributed by atoms with Crippen LogP contribution in [0.15, 0.2) is 42.6 Å². The van der Waals surface area contributed by atoms with Crippen LogP contribution in [-0.4, -0.2) is 20.1 Å². The molecular formula is C41H77N5O+2. The highest BCUT2D eigenvalue weighted by molar-refractivity contribution is 5.81. The lowest BCUT2D eigenvalue weighted by molar-refractivity contribution is -0.698. The smallest absolute Gasteiger partial charge is 0.244 e. The van der Waals surface area contributed by atoms with E-state index in [1.807, 2.05) is 0 Å². The number of rotatable bonds is 34. The fraction of sp³-hybridized carbons (Fsp3) is 0.829. The third kappa shape index (κ3) is 23.0.